The summed E-state index contributed by atoms with van der Waals surface area (Å²) >= 11 is 0. The van der Waals surface area contributed by atoms with Gasteiger partial charge in [0.05, 0.1) is 11.1 Å². The van der Waals surface area contributed by atoms with Crippen molar-refractivity contribution >= 4 is 23.8 Å². The smallest absolute Gasteiger partial charge is 0.335 e. The summed E-state index contributed by atoms with van der Waals surface area (Å²) in [7, 11) is 0. The molecule has 30 heavy (non-hydrogen) atoms. The first kappa shape index (κ1) is 23.4. The van der Waals surface area contributed by atoms with E-state index in [0.717, 1.165) is 51.9 Å². The van der Waals surface area contributed by atoms with Gasteiger partial charge in [0.15, 0.2) is 0 Å². The van der Waals surface area contributed by atoms with Crippen molar-refractivity contribution in [3.63, 3.8) is 0 Å². The van der Waals surface area contributed by atoms with Gasteiger partial charge >= 0.3 is 23.8 Å². The lowest BCUT2D eigenvalue weighted by Crippen LogP contribution is -2.47. The van der Waals surface area contributed by atoms with E-state index in [1.54, 1.807) is 9.80 Å². The molecule has 0 radical (unpaired) electrons. The Kier molecular flexibility index (Phi) is 9.31. The van der Waals surface area contributed by atoms with Crippen LogP contribution < -0.4 is 0 Å². The van der Waals surface area contributed by atoms with Gasteiger partial charge in [0.25, 0.3) is 0 Å². The Morgan fingerprint density at radius 2 is 0.833 bits per heavy atom. The zero-order chi connectivity index (χ0) is 21.9. The first-order chi connectivity index (χ1) is 14.4. The molecule has 8 nitrogen and oxygen atoms in total. The van der Waals surface area contributed by atoms with Gasteiger partial charge in [-0.2, -0.15) is 0 Å². The summed E-state index contributed by atoms with van der Waals surface area (Å²) < 4.78 is 0. The summed E-state index contributed by atoms with van der Waals surface area (Å²) in [5.74, 6) is -2.66. The third-order valence-electron chi connectivity index (χ3n) is 5.35. The van der Waals surface area contributed by atoms with Crippen LogP contribution in [0, 0.1) is 0 Å². The molecule has 1 aromatic rings. The standard InChI is InChI=1S/C14H24N2O2.C8H6O4/c17-13-14(18)16-10-6-2-1-5-9-15(13)11-7-3-4-8-12-16;9-7(10)5-1-2-6(4-3-5)8(11)12/h1-12H2;1-4H,(H,9,10)(H,11,12). The van der Waals surface area contributed by atoms with Crippen LogP contribution in [0.2, 0.25) is 0 Å². The maximum atomic E-state index is 12.2. The van der Waals surface area contributed by atoms with Gasteiger partial charge in [0, 0.05) is 26.2 Å². The average Bonchev–Trinajstić information content (AvgIpc) is 2.74. The maximum Gasteiger partial charge on any atom is 0.335 e. The van der Waals surface area contributed by atoms with E-state index in [0.29, 0.717) is 0 Å². The Labute approximate surface area is 176 Å². The SMILES string of the molecule is O=C(O)c1ccc(C(=O)O)cc1.O=C1C(=O)N2CCCCCCN1CCCCCC2. The highest BCUT2D eigenvalue weighted by atomic mass is 16.4. The van der Waals surface area contributed by atoms with E-state index in [1.165, 1.54) is 49.9 Å². The summed E-state index contributed by atoms with van der Waals surface area (Å²) in [4.78, 5) is 48.6. The number of fused-ring (bicyclic) bond motifs is 3. The molecule has 8 heteroatoms. The van der Waals surface area contributed by atoms with Crippen LogP contribution >= 0.6 is 0 Å². The molecule has 2 bridgehead atoms. The number of amides is 2. The van der Waals surface area contributed by atoms with Crippen molar-refractivity contribution in [2.75, 3.05) is 26.2 Å². The summed E-state index contributed by atoms with van der Waals surface area (Å²) in [6.07, 6.45) is 8.85. The Bertz CT molecular complexity index is 667. The lowest BCUT2D eigenvalue weighted by molar-refractivity contribution is -0.152. The Morgan fingerprint density at radius 1 is 0.567 bits per heavy atom. The number of carboxylic acids is 2. The van der Waals surface area contributed by atoms with E-state index in [1.807, 2.05) is 0 Å². The number of nitrogens with zero attached hydrogens (tertiary/aromatic N) is 2. The van der Waals surface area contributed by atoms with Crippen LogP contribution in [0.25, 0.3) is 0 Å². The van der Waals surface area contributed by atoms with Crippen molar-refractivity contribution in [3.8, 4) is 0 Å². The zero-order valence-corrected chi connectivity index (χ0v) is 17.2. The van der Waals surface area contributed by atoms with Gasteiger partial charge in [0.1, 0.15) is 0 Å². The van der Waals surface area contributed by atoms with Crippen LogP contribution in [-0.2, 0) is 9.59 Å². The number of hydrogen-bond acceptors (Lipinski definition) is 4. The lowest BCUT2D eigenvalue weighted by atomic mass is 10.1. The molecule has 164 valence electrons. The molecule has 2 aliphatic rings. The second kappa shape index (κ2) is 11.9. The molecule has 0 unspecified atom stereocenters. The highest BCUT2D eigenvalue weighted by molar-refractivity contribution is 6.34. The van der Waals surface area contributed by atoms with Crippen LogP contribution in [0.3, 0.4) is 0 Å². The molecule has 0 spiro atoms. The second-order valence-electron chi connectivity index (χ2n) is 7.60. The molecular weight excluding hydrogens is 388 g/mol. The Morgan fingerprint density at radius 3 is 1.07 bits per heavy atom. The first-order valence-corrected chi connectivity index (χ1v) is 10.5. The maximum absolute atomic E-state index is 12.2. The molecule has 2 N–H and O–H groups in total. The molecule has 0 atom stereocenters. The number of benzene rings is 1. The van der Waals surface area contributed by atoms with E-state index >= 15 is 0 Å². The van der Waals surface area contributed by atoms with E-state index in [4.69, 9.17) is 10.2 Å². The topological polar surface area (TPSA) is 115 Å². The molecule has 2 saturated heterocycles. The highest BCUT2D eigenvalue weighted by Crippen LogP contribution is 2.13. The largest absolute Gasteiger partial charge is 0.478 e. The lowest BCUT2D eigenvalue weighted by Gasteiger charge is -2.29. The number of rotatable bonds is 2. The minimum Gasteiger partial charge on any atom is -0.478 e. The van der Waals surface area contributed by atoms with Crippen LogP contribution in [0.1, 0.15) is 72.1 Å². The molecule has 2 aliphatic heterocycles. The van der Waals surface area contributed by atoms with Crippen molar-refractivity contribution in [1.29, 1.82) is 0 Å². The van der Waals surface area contributed by atoms with Crippen molar-refractivity contribution in [3.05, 3.63) is 35.4 Å². The molecule has 0 saturated carbocycles. The fourth-order valence-corrected chi connectivity index (χ4v) is 3.57. The van der Waals surface area contributed by atoms with E-state index in [-0.39, 0.29) is 22.9 Å². The fraction of sp³-hybridized carbons (Fsp3) is 0.545. The summed E-state index contributed by atoms with van der Waals surface area (Å²) in [5.41, 5.74) is 0.167. The predicted octanol–water partition coefficient (Wildman–Crippen LogP) is 2.87. The van der Waals surface area contributed by atoms with E-state index in [9.17, 15) is 19.2 Å². The van der Waals surface area contributed by atoms with E-state index < -0.39 is 11.9 Å². The van der Waals surface area contributed by atoms with Crippen LogP contribution in [0.15, 0.2) is 24.3 Å². The van der Waals surface area contributed by atoms with Crippen LogP contribution in [-0.4, -0.2) is 69.9 Å². The first-order valence-electron chi connectivity index (χ1n) is 10.5. The van der Waals surface area contributed by atoms with Gasteiger partial charge in [-0.25, -0.2) is 9.59 Å². The average molecular weight is 418 g/mol. The number of carbonyl (C=O) groups is 4. The highest BCUT2D eigenvalue weighted by Gasteiger charge is 2.27. The van der Waals surface area contributed by atoms with Crippen molar-refractivity contribution < 1.29 is 29.4 Å². The minimum atomic E-state index is -1.06. The van der Waals surface area contributed by atoms with Gasteiger partial charge in [-0.1, -0.05) is 25.7 Å². The number of carboxylic acid groups (broad SMARTS) is 2. The summed E-state index contributed by atoms with van der Waals surface area (Å²) in [5, 5.41) is 16.9. The second-order valence-corrected chi connectivity index (χ2v) is 7.60. The quantitative estimate of drug-likeness (QED) is 0.714. The van der Waals surface area contributed by atoms with Gasteiger partial charge in [-0.15, -0.1) is 0 Å². The van der Waals surface area contributed by atoms with Gasteiger partial charge < -0.3 is 20.0 Å². The van der Waals surface area contributed by atoms with Crippen LogP contribution in [0.4, 0.5) is 0 Å². The third-order valence-corrected chi connectivity index (χ3v) is 5.35. The Hall–Kier alpha value is -2.90. The van der Waals surface area contributed by atoms with Crippen molar-refractivity contribution in [2.24, 2.45) is 0 Å². The molecule has 1 aromatic carbocycles. The van der Waals surface area contributed by atoms with Gasteiger partial charge in [0.2, 0.25) is 0 Å². The van der Waals surface area contributed by atoms with Crippen molar-refractivity contribution in [2.45, 2.75) is 51.4 Å². The van der Waals surface area contributed by atoms with Crippen molar-refractivity contribution in [1.82, 2.24) is 9.80 Å². The number of aromatic carboxylic acids is 2. The molecule has 0 aromatic heterocycles. The third kappa shape index (κ3) is 7.17. The molecule has 3 rings (SSSR count). The number of hydrogen-bond donors (Lipinski definition) is 2. The summed E-state index contributed by atoms with van der Waals surface area (Å²) in [6, 6.07) is 5.02. The summed E-state index contributed by atoms with van der Waals surface area (Å²) in [6.45, 7) is 3.05. The molecule has 2 amide bonds. The van der Waals surface area contributed by atoms with Gasteiger partial charge in [-0.3, -0.25) is 9.59 Å². The Balaban J connectivity index is 0.000000232. The monoisotopic (exact) mass is 418 g/mol. The van der Waals surface area contributed by atoms with E-state index in [2.05, 4.69) is 0 Å². The predicted molar refractivity (Wildman–Crippen MR) is 110 cm³/mol. The fourth-order valence-electron chi connectivity index (χ4n) is 3.57. The van der Waals surface area contributed by atoms with Crippen LogP contribution in [0.5, 0.6) is 0 Å². The molecule has 0 aliphatic carbocycles. The molecule has 2 heterocycles. The zero-order valence-electron chi connectivity index (χ0n) is 17.2. The number of carbonyl (C=O) groups excluding carboxylic acids is 2. The van der Waals surface area contributed by atoms with Gasteiger partial charge in [-0.05, 0) is 49.9 Å². The minimum absolute atomic E-state index is 0.0833. The molecular formula is C22H30N2O6. The molecule has 2 fully saturated rings. The normalized spacial score (nSPS) is 18.3.